The van der Waals surface area contributed by atoms with Crippen LogP contribution in [0.15, 0.2) is 6.33 Å². The van der Waals surface area contributed by atoms with Crippen molar-refractivity contribution in [2.75, 3.05) is 31.5 Å². The Morgan fingerprint density at radius 1 is 1.39 bits per heavy atom. The van der Waals surface area contributed by atoms with Crippen molar-refractivity contribution < 1.29 is 0 Å². The predicted octanol–water partition coefficient (Wildman–Crippen LogP) is 2.58. The van der Waals surface area contributed by atoms with Crippen LogP contribution in [0.3, 0.4) is 0 Å². The number of likely N-dealkylation sites (tertiary alicyclic amines) is 1. The molecule has 1 atom stereocenters. The maximum Gasteiger partial charge on any atom is 0.137 e. The van der Waals surface area contributed by atoms with E-state index in [9.17, 15) is 0 Å². The Kier molecular flexibility index (Phi) is 4.78. The third-order valence-corrected chi connectivity index (χ3v) is 3.79. The Labute approximate surface area is 114 Å². The molecule has 0 aromatic carbocycles. The van der Waals surface area contributed by atoms with Gasteiger partial charge in [0.2, 0.25) is 0 Å². The summed E-state index contributed by atoms with van der Waals surface area (Å²) < 4.78 is 0. The van der Waals surface area contributed by atoms with Crippen molar-refractivity contribution in [2.45, 2.75) is 26.7 Å². The molecule has 1 unspecified atom stereocenters. The Morgan fingerprint density at radius 2 is 2.11 bits per heavy atom. The molecule has 0 amide bonds. The highest BCUT2D eigenvalue weighted by molar-refractivity contribution is 6.30. The summed E-state index contributed by atoms with van der Waals surface area (Å²) in [5, 5.41) is 3.89. The Morgan fingerprint density at radius 3 is 2.83 bits per heavy atom. The molecule has 0 bridgehead atoms. The number of hydrogen-bond donors (Lipinski definition) is 1. The summed E-state index contributed by atoms with van der Waals surface area (Å²) in [5.41, 5.74) is 0.924. The lowest BCUT2D eigenvalue weighted by Gasteiger charge is -2.21. The molecule has 100 valence electrons. The minimum atomic E-state index is 0.527. The molecule has 2 rings (SSSR count). The van der Waals surface area contributed by atoms with Gasteiger partial charge in [0.25, 0.3) is 0 Å². The van der Waals surface area contributed by atoms with E-state index in [2.05, 4.69) is 27.1 Å². The lowest BCUT2D eigenvalue weighted by molar-refractivity contribution is 0.294. The van der Waals surface area contributed by atoms with E-state index in [0.717, 1.165) is 24.5 Å². The predicted molar refractivity (Wildman–Crippen MR) is 75.1 cm³/mol. The van der Waals surface area contributed by atoms with Gasteiger partial charge < -0.3 is 10.2 Å². The van der Waals surface area contributed by atoms with E-state index in [-0.39, 0.29) is 0 Å². The molecule has 1 saturated heterocycles. The van der Waals surface area contributed by atoms with Crippen molar-refractivity contribution in [2.24, 2.45) is 5.92 Å². The van der Waals surface area contributed by atoms with Gasteiger partial charge in [-0.15, -0.1) is 0 Å². The second kappa shape index (κ2) is 6.34. The topological polar surface area (TPSA) is 41.1 Å². The van der Waals surface area contributed by atoms with Crippen molar-refractivity contribution >= 4 is 17.4 Å². The molecule has 1 N–H and O–H groups in total. The molecule has 4 nitrogen and oxygen atoms in total. The molecule has 5 heteroatoms. The highest BCUT2D eigenvalue weighted by Gasteiger charge is 2.15. The van der Waals surface area contributed by atoms with Crippen LogP contribution in [0.4, 0.5) is 5.82 Å². The maximum absolute atomic E-state index is 5.97. The molecule has 1 aromatic rings. The molecule has 0 spiro atoms. The van der Waals surface area contributed by atoms with E-state index in [1.165, 1.54) is 32.3 Å². The number of anilines is 1. The van der Waals surface area contributed by atoms with Gasteiger partial charge in [0.05, 0.1) is 0 Å². The van der Waals surface area contributed by atoms with Crippen molar-refractivity contribution in [3.63, 3.8) is 0 Å². The van der Waals surface area contributed by atoms with Crippen LogP contribution in [0, 0.1) is 12.8 Å². The average molecular weight is 269 g/mol. The van der Waals surface area contributed by atoms with Gasteiger partial charge in [-0.2, -0.15) is 0 Å². The third-order valence-electron chi connectivity index (χ3n) is 3.41. The molecule has 1 fully saturated rings. The number of nitrogens with zero attached hydrogens (tertiary/aromatic N) is 3. The monoisotopic (exact) mass is 268 g/mol. The molecule has 1 aliphatic rings. The maximum atomic E-state index is 5.97. The first-order valence-electron chi connectivity index (χ1n) is 6.60. The second-order valence-electron chi connectivity index (χ2n) is 5.13. The number of hydrogen-bond acceptors (Lipinski definition) is 4. The van der Waals surface area contributed by atoms with Crippen LogP contribution in [-0.2, 0) is 0 Å². The number of rotatable bonds is 5. The van der Waals surface area contributed by atoms with Gasteiger partial charge >= 0.3 is 0 Å². The van der Waals surface area contributed by atoms with Crippen LogP contribution in [0.1, 0.15) is 25.3 Å². The van der Waals surface area contributed by atoms with Crippen LogP contribution in [-0.4, -0.2) is 41.0 Å². The summed E-state index contributed by atoms with van der Waals surface area (Å²) in [5.74, 6) is 1.46. The standard InChI is InChI=1S/C13H21ClN4/c1-10(8-18-5-3-4-6-18)7-15-13-11(2)12(14)16-9-17-13/h9-10H,3-8H2,1-2H3,(H,15,16,17). The number of nitrogens with one attached hydrogen (secondary N) is 1. The summed E-state index contributed by atoms with van der Waals surface area (Å²) in [6.45, 7) is 8.79. The van der Waals surface area contributed by atoms with E-state index in [4.69, 9.17) is 11.6 Å². The fourth-order valence-corrected chi connectivity index (χ4v) is 2.48. The number of aromatic nitrogens is 2. The summed E-state index contributed by atoms with van der Waals surface area (Å²) in [4.78, 5) is 10.7. The zero-order valence-corrected chi connectivity index (χ0v) is 11.9. The summed E-state index contributed by atoms with van der Waals surface area (Å²) in [6.07, 6.45) is 4.20. The minimum Gasteiger partial charge on any atom is -0.369 e. The Hall–Kier alpha value is -0.870. The fraction of sp³-hybridized carbons (Fsp3) is 0.692. The molecule has 1 aliphatic heterocycles. The Bertz CT molecular complexity index is 391. The van der Waals surface area contributed by atoms with Gasteiger partial charge in [-0.1, -0.05) is 18.5 Å². The first kappa shape index (κ1) is 13.6. The summed E-state index contributed by atoms with van der Waals surface area (Å²) in [7, 11) is 0. The van der Waals surface area contributed by atoms with Crippen LogP contribution in [0.25, 0.3) is 0 Å². The third kappa shape index (κ3) is 3.56. The molecular weight excluding hydrogens is 248 g/mol. The van der Waals surface area contributed by atoms with Crippen molar-refractivity contribution in [1.82, 2.24) is 14.9 Å². The van der Waals surface area contributed by atoms with E-state index in [1.54, 1.807) is 0 Å². The molecular formula is C13H21ClN4. The highest BCUT2D eigenvalue weighted by Crippen LogP contribution is 2.18. The zero-order chi connectivity index (χ0) is 13.0. The molecule has 0 radical (unpaired) electrons. The van der Waals surface area contributed by atoms with E-state index >= 15 is 0 Å². The summed E-state index contributed by atoms with van der Waals surface area (Å²) in [6, 6.07) is 0. The van der Waals surface area contributed by atoms with Gasteiger partial charge in [-0.25, -0.2) is 9.97 Å². The van der Waals surface area contributed by atoms with E-state index in [0.29, 0.717) is 11.1 Å². The van der Waals surface area contributed by atoms with Gasteiger partial charge in [0.15, 0.2) is 0 Å². The molecule has 1 aromatic heterocycles. The fourth-order valence-electron chi connectivity index (χ4n) is 2.35. The van der Waals surface area contributed by atoms with Crippen molar-refractivity contribution in [1.29, 1.82) is 0 Å². The van der Waals surface area contributed by atoms with Crippen LogP contribution in [0.2, 0.25) is 5.15 Å². The Balaban J connectivity index is 1.81. The van der Waals surface area contributed by atoms with Crippen molar-refractivity contribution in [3.8, 4) is 0 Å². The van der Waals surface area contributed by atoms with Crippen molar-refractivity contribution in [3.05, 3.63) is 17.0 Å². The smallest absolute Gasteiger partial charge is 0.137 e. The lowest BCUT2D eigenvalue weighted by Crippen LogP contribution is -2.29. The molecule has 18 heavy (non-hydrogen) atoms. The van der Waals surface area contributed by atoms with Crippen LogP contribution in [0.5, 0.6) is 0 Å². The van der Waals surface area contributed by atoms with Gasteiger partial charge in [-0.05, 0) is 38.8 Å². The van der Waals surface area contributed by atoms with Gasteiger partial charge in [0.1, 0.15) is 17.3 Å². The lowest BCUT2D eigenvalue weighted by atomic mass is 10.1. The normalized spacial score (nSPS) is 17.9. The second-order valence-corrected chi connectivity index (χ2v) is 5.49. The van der Waals surface area contributed by atoms with Gasteiger partial charge in [0, 0.05) is 18.7 Å². The first-order valence-corrected chi connectivity index (χ1v) is 6.98. The van der Waals surface area contributed by atoms with Crippen LogP contribution >= 0.6 is 11.6 Å². The molecule has 0 saturated carbocycles. The van der Waals surface area contributed by atoms with E-state index in [1.807, 2.05) is 6.92 Å². The quantitative estimate of drug-likeness (QED) is 0.834. The van der Waals surface area contributed by atoms with E-state index < -0.39 is 0 Å². The number of halogens is 1. The highest BCUT2D eigenvalue weighted by atomic mass is 35.5. The minimum absolute atomic E-state index is 0.527. The first-order chi connectivity index (χ1) is 8.66. The average Bonchev–Trinajstić information content (AvgIpc) is 2.84. The zero-order valence-electron chi connectivity index (χ0n) is 11.1. The van der Waals surface area contributed by atoms with Crippen LogP contribution < -0.4 is 5.32 Å². The largest absolute Gasteiger partial charge is 0.369 e. The molecule has 2 heterocycles. The summed E-state index contributed by atoms with van der Waals surface area (Å²) >= 11 is 5.97. The molecule has 0 aliphatic carbocycles. The SMILES string of the molecule is Cc1c(Cl)ncnc1NCC(C)CN1CCCC1. The van der Waals surface area contributed by atoms with Gasteiger partial charge in [-0.3, -0.25) is 0 Å².